The molecule has 5 rings (SSSR count). The number of benzene rings is 3. The standard InChI is InChI=1S/C27H27FN2O3S/c28-23-15-19(5-9-25(23)33-13-12-30-10-2-1-3-11-30)29-24-16-20(31)7-8-22(24)27-14-18-4-6-21(32)17-26(18)34-27/h4-9,14-17,29,31-32H,1-3,10-13H2. The van der Waals surface area contributed by atoms with Crippen LogP contribution >= 0.6 is 11.3 Å². The molecule has 34 heavy (non-hydrogen) atoms. The summed E-state index contributed by atoms with van der Waals surface area (Å²) < 4.78 is 21.4. The summed E-state index contributed by atoms with van der Waals surface area (Å²) in [5.41, 5.74) is 2.10. The molecule has 3 aromatic carbocycles. The van der Waals surface area contributed by atoms with Gasteiger partial charge in [0, 0.05) is 39.5 Å². The van der Waals surface area contributed by atoms with E-state index in [1.54, 1.807) is 47.7 Å². The fraction of sp³-hybridized carbons (Fsp3) is 0.259. The SMILES string of the molecule is Oc1ccc(-c2cc3ccc(O)cc3s2)c(Nc2ccc(OCCN3CCCCC3)c(F)c2)c1. The van der Waals surface area contributed by atoms with Crippen LogP contribution in [0.15, 0.2) is 60.7 Å². The number of aromatic hydroxyl groups is 2. The third kappa shape index (κ3) is 5.11. The molecule has 0 spiro atoms. The van der Waals surface area contributed by atoms with Gasteiger partial charge in [0.2, 0.25) is 0 Å². The third-order valence-corrected chi connectivity index (χ3v) is 7.23. The molecule has 176 valence electrons. The van der Waals surface area contributed by atoms with E-state index in [4.69, 9.17) is 4.74 Å². The Labute approximate surface area is 202 Å². The lowest BCUT2D eigenvalue weighted by atomic mass is 10.1. The molecule has 0 bridgehead atoms. The van der Waals surface area contributed by atoms with Gasteiger partial charge in [-0.2, -0.15) is 0 Å². The number of anilines is 2. The highest BCUT2D eigenvalue weighted by molar-refractivity contribution is 7.22. The summed E-state index contributed by atoms with van der Waals surface area (Å²) in [6.07, 6.45) is 3.72. The molecule has 0 amide bonds. The van der Waals surface area contributed by atoms with Gasteiger partial charge in [-0.3, -0.25) is 4.90 Å². The number of likely N-dealkylation sites (tertiary alicyclic amines) is 1. The third-order valence-electron chi connectivity index (χ3n) is 6.10. The molecule has 0 radical (unpaired) electrons. The van der Waals surface area contributed by atoms with Gasteiger partial charge in [0.15, 0.2) is 11.6 Å². The summed E-state index contributed by atoms with van der Waals surface area (Å²) in [6, 6.07) is 17.2. The van der Waals surface area contributed by atoms with Crippen LogP contribution in [0.2, 0.25) is 0 Å². The molecule has 1 aromatic heterocycles. The molecule has 1 aliphatic heterocycles. The van der Waals surface area contributed by atoms with Crippen molar-refractivity contribution in [2.24, 2.45) is 0 Å². The Bertz CT molecular complexity index is 1300. The number of piperidine rings is 1. The number of rotatable bonds is 7. The Balaban J connectivity index is 1.32. The molecular formula is C27H27FN2O3S. The van der Waals surface area contributed by atoms with Crippen LogP contribution in [0.25, 0.3) is 20.5 Å². The van der Waals surface area contributed by atoms with E-state index in [2.05, 4.69) is 10.2 Å². The second-order valence-corrected chi connectivity index (χ2v) is 9.67. The number of phenolic OH excluding ortho intramolecular Hbond substituents is 2. The average molecular weight is 479 g/mol. The molecule has 1 saturated heterocycles. The Morgan fingerprint density at radius 2 is 1.71 bits per heavy atom. The van der Waals surface area contributed by atoms with Gasteiger partial charge in [0.25, 0.3) is 0 Å². The zero-order valence-corrected chi connectivity index (χ0v) is 19.6. The van der Waals surface area contributed by atoms with Gasteiger partial charge in [-0.1, -0.05) is 6.42 Å². The molecule has 0 atom stereocenters. The Kier molecular flexibility index (Phi) is 6.56. The normalized spacial score (nSPS) is 14.4. The molecular weight excluding hydrogens is 451 g/mol. The molecule has 1 aliphatic rings. The maximum absolute atomic E-state index is 14.7. The van der Waals surface area contributed by atoms with Gasteiger partial charge in [-0.05, 0) is 79.8 Å². The van der Waals surface area contributed by atoms with Crippen LogP contribution in [0.5, 0.6) is 17.2 Å². The molecule has 7 heteroatoms. The van der Waals surface area contributed by atoms with Crippen LogP contribution in [0.4, 0.5) is 15.8 Å². The fourth-order valence-corrected chi connectivity index (χ4v) is 5.46. The van der Waals surface area contributed by atoms with Crippen LogP contribution in [0.3, 0.4) is 0 Å². The minimum absolute atomic E-state index is 0.114. The van der Waals surface area contributed by atoms with Gasteiger partial charge >= 0.3 is 0 Å². The zero-order chi connectivity index (χ0) is 23.5. The molecule has 2 heterocycles. The van der Waals surface area contributed by atoms with E-state index in [0.717, 1.165) is 40.2 Å². The van der Waals surface area contributed by atoms with Crippen molar-refractivity contribution in [3.8, 4) is 27.7 Å². The van der Waals surface area contributed by atoms with Crippen LogP contribution in [0.1, 0.15) is 19.3 Å². The minimum Gasteiger partial charge on any atom is -0.508 e. The van der Waals surface area contributed by atoms with Gasteiger partial charge in [0.05, 0.1) is 5.69 Å². The van der Waals surface area contributed by atoms with Gasteiger partial charge < -0.3 is 20.3 Å². The van der Waals surface area contributed by atoms with Gasteiger partial charge in [0.1, 0.15) is 18.1 Å². The minimum atomic E-state index is -0.428. The Hall–Kier alpha value is -3.29. The first-order valence-corrected chi connectivity index (χ1v) is 12.3. The van der Waals surface area contributed by atoms with Crippen molar-refractivity contribution in [3.05, 3.63) is 66.5 Å². The predicted octanol–water partition coefficient (Wildman–Crippen LogP) is 6.73. The summed E-state index contributed by atoms with van der Waals surface area (Å²) >= 11 is 1.54. The molecule has 0 saturated carbocycles. The lowest BCUT2D eigenvalue weighted by Gasteiger charge is -2.26. The number of thiophene rings is 1. The van der Waals surface area contributed by atoms with Crippen molar-refractivity contribution in [1.29, 1.82) is 0 Å². The van der Waals surface area contributed by atoms with Crippen molar-refractivity contribution < 1.29 is 19.3 Å². The van der Waals surface area contributed by atoms with Crippen LogP contribution in [-0.2, 0) is 0 Å². The first-order chi connectivity index (χ1) is 16.5. The number of hydrogen-bond acceptors (Lipinski definition) is 6. The van der Waals surface area contributed by atoms with E-state index in [-0.39, 0.29) is 17.2 Å². The largest absolute Gasteiger partial charge is 0.508 e. The highest BCUT2D eigenvalue weighted by Gasteiger charge is 2.13. The average Bonchev–Trinajstić information content (AvgIpc) is 3.24. The molecule has 5 nitrogen and oxygen atoms in total. The smallest absolute Gasteiger partial charge is 0.167 e. The number of halogens is 1. The maximum Gasteiger partial charge on any atom is 0.167 e. The predicted molar refractivity (Wildman–Crippen MR) is 136 cm³/mol. The molecule has 3 N–H and O–H groups in total. The Morgan fingerprint density at radius 3 is 2.53 bits per heavy atom. The van der Waals surface area contributed by atoms with Gasteiger partial charge in [-0.15, -0.1) is 11.3 Å². The Morgan fingerprint density at radius 1 is 0.912 bits per heavy atom. The summed E-state index contributed by atoms with van der Waals surface area (Å²) in [5, 5.41) is 24.1. The second-order valence-electron chi connectivity index (χ2n) is 8.58. The van der Waals surface area contributed by atoms with Crippen LogP contribution < -0.4 is 10.1 Å². The fourth-order valence-electron chi connectivity index (χ4n) is 4.32. The number of nitrogens with zero attached hydrogens (tertiary/aromatic N) is 1. The van der Waals surface area contributed by atoms with E-state index in [1.807, 2.05) is 18.2 Å². The second kappa shape index (κ2) is 9.91. The van der Waals surface area contributed by atoms with Crippen LogP contribution in [0, 0.1) is 5.82 Å². The molecule has 4 aromatic rings. The van der Waals surface area contributed by atoms with Crippen molar-refractivity contribution in [2.75, 3.05) is 31.6 Å². The van der Waals surface area contributed by atoms with Crippen molar-refractivity contribution in [3.63, 3.8) is 0 Å². The highest BCUT2D eigenvalue weighted by Crippen LogP contribution is 2.40. The van der Waals surface area contributed by atoms with Gasteiger partial charge in [-0.25, -0.2) is 4.39 Å². The van der Waals surface area contributed by atoms with E-state index in [1.165, 1.54) is 25.3 Å². The van der Waals surface area contributed by atoms with E-state index < -0.39 is 5.82 Å². The lowest BCUT2D eigenvalue weighted by Crippen LogP contribution is -2.33. The highest BCUT2D eigenvalue weighted by atomic mass is 32.1. The summed E-state index contributed by atoms with van der Waals surface area (Å²) in [5.74, 6) is 0.146. The quantitative estimate of drug-likeness (QED) is 0.275. The number of ether oxygens (including phenoxy) is 1. The number of phenols is 2. The molecule has 0 aliphatic carbocycles. The van der Waals surface area contributed by atoms with Crippen molar-refractivity contribution >= 4 is 32.8 Å². The first-order valence-electron chi connectivity index (χ1n) is 11.5. The maximum atomic E-state index is 14.7. The number of hydrogen-bond donors (Lipinski definition) is 3. The first kappa shape index (κ1) is 22.5. The van der Waals surface area contributed by atoms with Crippen molar-refractivity contribution in [1.82, 2.24) is 4.90 Å². The lowest BCUT2D eigenvalue weighted by molar-refractivity contribution is 0.180. The summed E-state index contributed by atoms with van der Waals surface area (Å²) in [6.45, 7) is 3.44. The number of fused-ring (bicyclic) bond motifs is 1. The van der Waals surface area contributed by atoms with Crippen molar-refractivity contribution in [2.45, 2.75) is 19.3 Å². The monoisotopic (exact) mass is 478 g/mol. The summed E-state index contributed by atoms with van der Waals surface area (Å²) in [4.78, 5) is 3.33. The van der Waals surface area contributed by atoms with E-state index in [0.29, 0.717) is 18.0 Å². The van der Waals surface area contributed by atoms with E-state index >= 15 is 0 Å². The van der Waals surface area contributed by atoms with E-state index in [9.17, 15) is 14.6 Å². The number of nitrogens with one attached hydrogen (secondary N) is 1. The molecule has 0 unspecified atom stereocenters. The molecule has 1 fully saturated rings. The topological polar surface area (TPSA) is 65.0 Å². The zero-order valence-electron chi connectivity index (χ0n) is 18.8. The van der Waals surface area contributed by atoms with Crippen LogP contribution in [-0.4, -0.2) is 41.4 Å². The summed E-state index contributed by atoms with van der Waals surface area (Å²) in [7, 11) is 0.